The molecule has 1 aliphatic rings. The normalized spacial score (nSPS) is 17.5. The van der Waals surface area contributed by atoms with E-state index in [0.717, 1.165) is 18.7 Å². The van der Waals surface area contributed by atoms with Crippen molar-refractivity contribution in [3.05, 3.63) is 39.4 Å². The van der Waals surface area contributed by atoms with Gasteiger partial charge in [0.25, 0.3) is 5.69 Å². The van der Waals surface area contributed by atoms with E-state index in [9.17, 15) is 10.1 Å². The van der Waals surface area contributed by atoms with Gasteiger partial charge in [0.05, 0.1) is 17.1 Å². The van der Waals surface area contributed by atoms with Crippen LogP contribution in [0.4, 0.5) is 5.69 Å². The number of nitrogens with zero attached hydrogens (tertiary/aromatic N) is 1. The van der Waals surface area contributed by atoms with Gasteiger partial charge in [-0.2, -0.15) is 0 Å². The van der Waals surface area contributed by atoms with Gasteiger partial charge >= 0.3 is 0 Å². The van der Waals surface area contributed by atoms with Crippen LogP contribution >= 0.6 is 0 Å². The monoisotopic (exact) mass is 236 g/mol. The molecule has 1 saturated heterocycles. The maximum atomic E-state index is 10.8. The van der Waals surface area contributed by atoms with Gasteiger partial charge < -0.3 is 10.1 Å². The van der Waals surface area contributed by atoms with Crippen molar-refractivity contribution in [1.29, 1.82) is 0 Å². The van der Waals surface area contributed by atoms with Crippen molar-refractivity contribution in [3.63, 3.8) is 0 Å². The van der Waals surface area contributed by atoms with E-state index >= 15 is 0 Å². The molecular formula is C12H16N2O3. The van der Waals surface area contributed by atoms with Crippen LogP contribution in [0.2, 0.25) is 0 Å². The Morgan fingerprint density at radius 1 is 1.53 bits per heavy atom. The first-order valence-electron chi connectivity index (χ1n) is 5.59. The molecule has 17 heavy (non-hydrogen) atoms. The number of nitro groups is 1. The molecule has 1 aromatic rings. The molecule has 1 fully saturated rings. The van der Waals surface area contributed by atoms with Crippen LogP contribution in [0.1, 0.15) is 18.1 Å². The number of nitrogens with one attached hydrogen (secondary N) is 1. The van der Waals surface area contributed by atoms with E-state index in [4.69, 9.17) is 4.74 Å². The standard InChI is InChI=1S/C12H16N2O3/c1-9-10(4-3-5-11(9)14(15)16)6-17-12(2)7-13-8-12/h3-5,13H,6-8H2,1-2H3. The predicted octanol–water partition coefficient (Wildman–Crippen LogP) is 1.78. The second-order valence-electron chi connectivity index (χ2n) is 4.66. The highest BCUT2D eigenvalue weighted by atomic mass is 16.6. The summed E-state index contributed by atoms with van der Waals surface area (Å²) in [5, 5.41) is 13.9. The van der Waals surface area contributed by atoms with Crippen LogP contribution in [0.25, 0.3) is 0 Å². The van der Waals surface area contributed by atoms with Crippen LogP contribution in [0.3, 0.4) is 0 Å². The lowest BCUT2D eigenvalue weighted by atomic mass is 9.99. The maximum Gasteiger partial charge on any atom is 0.272 e. The minimum absolute atomic E-state index is 0.128. The first kappa shape index (κ1) is 12.0. The molecule has 1 aliphatic heterocycles. The van der Waals surface area contributed by atoms with E-state index in [0.29, 0.717) is 12.2 Å². The highest BCUT2D eigenvalue weighted by Crippen LogP contribution is 2.24. The second-order valence-corrected chi connectivity index (χ2v) is 4.66. The van der Waals surface area contributed by atoms with Crippen molar-refractivity contribution in [2.45, 2.75) is 26.1 Å². The fraction of sp³-hybridized carbons (Fsp3) is 0.500. The molecule has 5 nitrogen and oxygen atoms in total. The zero-order valence-corrected chi connectivity index (χ0v) is 10.0. The summed E-state index contributed by atoms with van der Waals surface area (Å²) in [4.78, 5) is 10.4. The molecule has 0 bridgehead atoms. The van der Waals surface area contributed by atoms with Gasteiger partial charge in [-0.1, -0.05) is 12.1 Å². The minimum atomic E-state index is -0.356. The summed E-state index contributed by atoms with van der Waals surface area (Å²) >= 11 is 0. The lowest BCUT2D eigenvalue weighted by molar-refractivity contribution is -0.385. The number of hydrogen-bond donors (Lipinski definition) is 1. The molecule has 1 aromatic carbocycles. The molecule has 1 N–H and O–H groups in total. The lowest BCUT2D eigenvalue weighted by Crippen LogP contribution is -2.58. The number of benzene rings is 1. The first-order chi connectivity index (χ1) is 8.02. The molecular weight excluding hydrogens is 220 g/mol. The topological polar surface area (TPSA) is 64.4 Å². The van der Waals surface area contributed by atoms with Gasteiger partial charge in [0.2, 0.25) is 0 Å². The number of rotatable bonds is 4. The Morgan fingerprint density at radius 3 is 2.76 bits per heavy atom. The van der Waals surface area contributed by atoms with Crippen molar-refractivity contribution in [1.82, 2.24) is 5.32 Å². The molecule has 0 spiro atoms. The van der Waals surface area contributed by atoms with E-state index in [1.807, 2.05) is 13.0 Å². The number of nitro benzene ring substituents is 1. The van der Waals surface area contributed by atoms with E-state index in [2.05, 4.69) is 5.32 Å². The largest absolute Gasteiger partial charge is 0.368 e. The molecule has 0 amide bonds. The highest BCUT2D eigenvalue weighted by molar-refractivity contribution is 5.44. The molecule has 2 rings (SSSR count). The van der Waals surface area contributed by atoms with Gasteiger partial charge in [0.15, 0.2) is 0 Å². The number of ether oxygens (including phenoxy) is 1. The van der Waals surface area contributed by atoms with Crippen LogP contribution < -0.4 is 5.32 Å². The average Bonchev–Trinajstić information content (AvgIpc) is 2.25. The van der Waals surface area contributed by atoms with Crippen molar-refractivity contribution >= 4 is 5.69 Å². The Bertz CT molecular complexity index is 441. The van der Waals surface area contributed by atoms with E-state index < -0.39 is 0 Å². The maximum absolute atomic E-state index is 10.8. The van der Waals surface area contributed by atoms with Gasteiger partial charge in [-0.3, -0.25) is 10.1 Å². The Morgan fingerprint density at radius 2 is 2.24 bits per heavy atom. The van der Waals surface area contributed by atoms with Crippen LogP contribution in [0.5, 0.6) is 0 Å². The van der Waals surface area contributed by atoms with Gasteiger partial charge in [0.1, 0.15) is 0 Å². The predicted molar refractivity (Wildman–Crippen MR) is 63.9 cm³/mol. The first-order valence-corrected chi connectivity index (χ1v) is 5.59. The van der Waals surface area contributed by atoms with Crippen molar-refractivity contribution < 1.29 is 9.66 Å². The summed E-state index contributed by atoms with van der Waals surface area (Å²) in [6.45, 7) is 5.89. The average molecular weight is 236 g/mol. The van der Waals surface area contributed by atoms with Gasteiger partial charge in [0, 0.05) is 24.7 Å². The Labute approximate surface area is 99.9 Å². The van der Waals surface area contributed by atoms with Gasteiger partial charge in [-0.05, 0) is 19.4 Å². The summed E-state index contributed by atoms with van der Waals surface area (Å²) in [6.07, 6.45) is 0. The Kier molecular flexibility index (Phi) is 3.13. The summed E-state index contributed by atoms with van der Waals surface area (Å²) in [5.74, 6) is 0. The van der Waals surface area contributed by atoms with Gasteiger partial charge in [-0.25, -0.2) is 0 Å². The third kappa shape index (κ3) is 2.45. The van der Waals surface area contributed by atoms with Crippen LogP contribution in [0.15, 0.2) is 18.2 Å². The van der Waals surface area contributed by atoms with Crippen LogP contribution in [0, 0.1) is 17.0 Å². The minimum Gasteiger partial charge on any atom is -0.368 e. The quantitative estimate of drug-likeness (QED) is 0.639. The molecule has 92 valence electrons. The molecule has 0 radical (unpaired) electrons. The SMILES string of the molecule is Cc1c(COC2(C)CNC2)cccc1[N+](=O)[O-]. The van der Waals surface area contributed by atoms with E-state index in [1.54, 1.807) is 13.0 Å². The third-order valence-corrected chi connectivity index (χ3v) is 3.19. The molecule has 0 atom stereocenters. The fourth-order valence-corrected chi connectivity index (χ4v) is 1.86. The van der Waals surface area contributed by atoms with Gasteiger partial charge in [-0.15, -0.1) is 0 Å². The molecule has 0 saturated carbocycles. The second kappa shape index (κ2) is 4.43. The van der Waals surface area contributed by atoms with E-state index in [1.165, 1.54) is 6.07 Å². The Hall–Kier alpha value is -1.46. The van der Waals surface area contributed by atoms with Crippen molar-refractivity contribution in [3.8, 4) is 0 Å². The number of hydrogen-bond acceptors (Lipinski definition) is 4. The highest BCUT2D eigenvalue weighted by Gasteiger charge is 2.32. The summed E-state index contributed by atoms with van der Waals surface area (Å²) in [6, 6.07) is 5.09. The molecule has 0 aromatic heterocycles. The fourth-order valence-electron chi connectivity index (χ4n) is 1.86. The third-order valence-electron chi connectivity index (χ3n) is 3.19. The van der Waals surface area contributed by atoms with Crippen molar-refractivity contribution in [2.75, 3.05) is 13.1 Å². The summed E-state index contributed by atoms with van der Waals surface area (Å²) in [7, 11) is 0. The smallest absolute Gasteiger partial charge is 0.272 e. The zero-order chi connectivity index (χ0) is 12.5. The lowest BCUT2D eigenvalue weighted by Gasteiger charge is -2.39. The molecule has 0 aliphatic carbocycles. The Balaban J connectivity index is 2.10. The summed E-state index contributed by atoms with van der Waals surface area (Å²) in [5.41, 5.74) is 1.60. The van der Waals surface area contributed by atoms with Crippen molar-refractivity contribution in [2.24, 2.45) is 0 Å². The van der Waals surface area contributed by atoms with Crippen LogP contribution in [-0.2, 0) is 11.3 Å². The van der Waals surface area contributed by atoms with Crippen LogP contribution in [-0.4, -0.2) is 23.6 Å². The molecule has 5 heteroatoms. The summed E-state index contributed by atoms with van der Waals surface area (Å²) < 4.78 is 5.78. The van der Waals surface area contributed by atoms with E-state index in [-0.39, 0.29) is 16.2 Å². The molecule has 0 unspecified atom stereocenters. The molecule has 1 heterocycles. The zero-order valence-electron chi connectivity index (χ0n) is 10.0.